The molecule has 0 radical (unpaired) electrons. The third-order valence-corrected chi connectivity index (χ3v) is 9.38. The Balaban J connectivity index is 1.34. The number of aryl methyl sites for hydroxylation is 1. The first-order valence-corrected chi connectivity index (χ1v) is 12.5. The summed E-state index contributed by atoms with van der Waals surface area (Å²) in [5.41, 5.74) is 5.64. The summed E-state index contributed by atoms with van der Waals surface area (Å²) in [4.78, 5) is 12.7. The zero-order valence-electron chi connectivity index (χ0n) is 19.4. The minimum atomic E-state index is -0.0558. The minimum absolute atomic E-state index is 0.0558. The van der Waals surface area contributed by atoms with Gasteiger partial charge in [0.2, 0.25) is 0 Å². The molecule has 168 valence electrons. The van der Waals surface area contributed by atoms with Gasteiger partial charge in [-0.05, 0) is 103 Å². The number of hydrogen-bond acceptors (Lipinski definition) is 3. The summed E-state index contributed by atoms with van der Waals surface area (Å²) in [6.45, 7) is 3.05. The predicted octanol–water partition coefficient (Wildman–Crippen LogP) is 6.23. The maximum atomic E-state index is 12.7. The van der Waals surface area contributed by atoms with E-state index in [2.05, 4.69) is 43.3 Å². The van der Waals surface area contributed by atoms with E-state index < -0.39 is 0 Å². The second kappa shape index (κ2) is 7.64. The summed E-state index contributed by atoms with van der Waals surface area (Å²) >= 11 is 0. The van der Waals surface area contributed by atoms with E-state index in [0.717, 1.165) is 63.1 Å². The number of ketones is 1. The van der Waals surface area contributed by atoms with Crippen molar-refractivity contribution in [3.8, 4) is 11.5 Å². The SMILES string of the molecule is COc1cc2c(cc1C[C@@H]1CCOc3ccccc31)[C@H]1CC[C@]3(C)C(=O)CC[C@H]3[C@@H]1CC2. The van der Waals surface area contributed by atoms with E-state index in [9.17, 15) is 4.79 Å². The second-order valence-electron chi connectivity index (χ2n) is 10.8. The van der Waals surface area contributed by atoms with E-state index in [-0.39, 0.29) is 5.41 Å². The van der Waals surface area contributed by atoms with Crippen molar-refractivity contribution in [2.75, 3.05) is 13.7 Å². The number of Topliss-reactive ketones (excluding diaryl/α,β-unsaturated/α-hetero) is 1. The van der Waals surface area contributed by atoms with Gasteiger partial charge in [0.1, 0.15) is 17.3 Å². The summed E-state index contributed by atoms with van der Waals surface area (Å²) in [6.07, 6.45) is 8.50. The number of fused-ring (bicyclic) bond motifs is 6. The van der Waals surface area contributed by atoms with Crippen LogP contribution in [0.4, 0.5) is 0 Å². The molecule has 1 aliphatic heterocycles. The van der Waals surface area contributed by atoms with Crippen molar-refractivity contribution in [2.45, 2.75) is 70.1 Å². The Morgan fingerprint density at radius 2 is 1.94 bits per heavy atom. The van der Waals surface area contributed by atoms with Gasteiger partial charge in [0.05, 0.1) is 13.7 Å². The lowest BCUT2D eigenvalue weighted by molar-refractivity contribution is -0.129. The van der Waals surface area contributed by atoms with Crippen LogP contribution in [-0.2, 0) is 17.6 Å². The van der Waals surface area contributed by atoms with Crippen molar-refractivity contribution in [3.63, 3.8) is 0 Å². The molecular formula is C29H34O3. The smallest absolute Gasteiger partial charge is 0.139 e. The highest BCUT2D eigenvalue weighted by atomic mass is 16.5. The lowest BCUT2D eigenvalue weighted by atomic mass is 9.55. The molecule has 1 heterocycles. The van der Waals surface area contributed by atoms with Crippen LogP contribution in [0.25, 0.3) is 0 Å². The number of benzene rings is 2. The van der Waals surface area contributed by atoms with Gasteiger partial charge in [0, 0.05) is 11.8 Å². The molecule has 3 aliphatic carbocycles. The highest BCUT2D eigenvalue weighted by Gasteiger charge is 2.54. The number of carbonyl (C=O) groups excluding carboxylic acids is 1. The topological polar surface area (TPSA) is 35.5 Å². The second-order valence-corrected chi connectivity index (χ2v) is 10.8. The fraction of sp³-hybridized carbons (Fsp3) is 0.552. The van der Waals surface area contributed by atoms with Gasteiger partial charge >= 0.3 is 0 Å². The molecule has 0 saturated heterocycles. The lowest BCUT2D eigenvalue weighted by Crippen LogP contribution is -2.42. The Hall–Kier alpha value is -2.29. The summed E-state index contributed by atoms with van der Waals surface area (Å²) in [5, 5.41) is 0. The Labute approximate surface area is 191 Å². The average molecular weight is 431 g/mol. The fourth-order valence-corrected chi connectivity index (χ4v) is 7.66. The van der Waals surface area contributed by atoms with Crippen LogP contribution in [0.1, 0.15) is 79.5 Å². The van der Waals surface area contributed by atoms with Crippen LogP contribution in [-0.4, -0.2) is 19.5 Å². The van der Waals surface area contributed by atoms with Crippen molar-refractivity contribution in [1.29, 1.82) is 0 Å². The Morgan fingerprint density at radius 1 is 1.06 bits per heavy atom. The molecule has 32 heavy (non-hydrogen) atoms. The monoisotopic (exact) mass is 430 g/mol. The van der Waals surface area contributed by atoms with E-state index in [1.54, 1.807) is 5.56 Å². The average Bonchev–Trinajstić information content (AvgIpc) is 3.13. The molecule has 0 unspecified atom stereocenters. The molecule has 0 N–H and O–H groups in total. The normalized spacial score (nSPS) is 32.9. The van der Waals surface area contributed by atoms with E-state index in [4.69, 9.17) is 9.47 Å². The van der Waals surface area contributed by atoms with Crippen molar-refractivity contribution in [1.82, 2.24) is 0 Å². The molecule has 0 bridgehead atoms. The number of hydrogen-bond donors (Lipinski definition) is 0. The van der Waals surface area contributed by atoms with Gasteiger partial charge in [0.25, 0.3) is 0 Å². The zero-order chi connectivity index (χ0) is 21.9. The maximum absolute atomic E-state index is 12.7. The van der Waals surface area contributed by atoms with Crippen LogP contribution in [0.3, 0.4) is 0 Å². The van der Waals surface area contributed by atoms with Crippen LogP contribution < -0.4 is 9.47 Å². The Bertz CT molecular complexity index is 1060. The molecule has 2 aromatic rings. The van der Waals surface area contributed by atoms with E-state index in [1.807, 2.05) is 7.11 Å². The van der Waals surface area contributed by atoms with Gasteiger partial charge in [-0.15, -0.1) is 0 Å². The largest absolute Gasteiger partial charge is 0.496 e. The van der Waals surface area contributed by atoms with Gasteiger partial charge in [0.15, 0.2) is 0 Å². The molecule has 0 amide bonds. The van der Waals surface area contributed by atoms with Crippen molar-refractivity contribution in [3.05, 3.63) is 58.7 Å². The number of para-hydroxylation sites is 1. The molecular weight excluding hydrogens is 396 g/mol. The third kappa shape index (κ3) is 3.03. The molecule has 2 saturated carbocycles. The van der Waals surface area contributed by atoms with E-state index in [1.165, 1.54) is 23.1 Å². The molecule has 0 aromatic heterocycles. The Morgan fingerprint density at radius 3 is 2.81 bits per heavy atom. The minimum Gasteiger partial charge on any atom is -0.496 e. The molecule has 5 atom stereocenters. The summed E-state index contributed by atoms with van der Waals surface area (Å²) in [6, 6.07) is 13.3. The summed E-state index contributed by atoms with van der Waals surface area (Å²) < 4.78 is 11.8. The summed E-state index contributed by atoms with van der Waals surface area (Å²) in [7, 11) is 1.81. The quantitative estimate of drug-likeness (QED) is 0.579. The number of ether oxygens (including phenoxy) is 2. The molecule has 4 aliphatic rings. The number of rotatable bonds is 3. The molecule has 3 heteroatoms. The van der Waals surface area contributed by atoms with Gasteiger partial charge in [-0.25, -0.2) is 0 Å². The molecule has 2 aromatic carbocycles. The first-order chi connectivity index (χ1) is 15.6. The van der Waals surface area contributed by atoms with E-state index in [0.29, 0.717) is 29.5 Å². The number of methoxy groups -OCH3 is 1. The third-order valence-electron chi connectivity index (χ3n) is 9.38. The lowest BCUT2D eigenvalue weighted by Gasteiger charge is -2.48. The first-order valence-electron chi connectivity index (χ1n) is 12.5. The van der Waals surface area contributed by atoms with Crippen molar-refractivity contribution in [2.24, 2.45) is 17.3 Å². The van der Waals surface area contributed by atoms with Crippen LogP contribution in [0, 0.1) is 17.3 Å². The van der Waals surface area contributed by atoms with Crippen LogP contribution >= 0.6 is 0 Å². The Kier molecular flexibility index (Phi) is 4.85. The van der Waals surface area contributed by atoms with Crippen molar-refractivity contribution >= 4 is 5.78 Å². The standard InChI is InChI=1S/C29H34O3/c1-29-13-11-22-23(25(29)9-10-28(29)30)8-7-18-17-27(31-2)20(16-24(18)22)15-19-12-14-32-26-6-4-3-5-21(19)26/h3-6,16-17,19,22-23,25H,7-15H2,1-2H3/t19-,22-,23+,25-,29-/m0/s1. The molecule has 0 spiro atoms. The van der Waals surface area contributed by atoms with Gasteiger partial charge in [-0.3, -0.25) is 4.79 Å². The van der Waals surface area contributed by atoms with Crippen molar-refractivity contribution < 1.29 is 14.3 Å². The zero-order valence-corrected chi connectivity index (χ0v) is 19.4. The van der Waals surface area contributed by atoms with Gasteiger partial charge in [-0.2, -0.15) is 0 Å². The molecule has 3 nitrogen and oxygen atoms in total. The van der Waals surface area contributed by atoms with E-state index >= 15 is 0 Å². The summed E-state index contributed by atoms with van der Waals surface area (Å²) in [5.74, 6) is 4.93. The first kappa shape index (κ1) is 20.3. The highest BCUT2D eigenvalue weighted by molar-refractivity contribution is 5.87. The maximum Gasteiger partial charge on any atom is 0.139 e. The highest BCUT2D eigenvalue weighted by Crippen LogP contribution is 2.60. The predicted molar refractivity (Wildman–Crippen MR) is 126 cm³/mol. The molecule has 2 fully saturated rings. The number of carbonyl (C=O) groups is 1. The van der Waals surface area contributed by atoms with Crippen LogP contribution in [0.2, 0.25) is 0 Å². The van der Waals surface area contributed by atoms with Gasteiger partial charge in [-0.1, -0.05) is 31.2 Å². The van der Waals surface area contributed by atoms with Gasteiger partial charge < -0.3 is 9.47 Å². The fourth-order valence-electron chi connectivity index (χ4n) is 7.66. The van der Waals surface area contributed by atoms with Crippen LogP contribution in [0.5, 0.6) is 11.5 Å². The van der Waals surface area contributed by atoms with Crippen LogP contribution in [0.15, 0.2) is 36.4 Å². The molecule has 6 rings (SSSR count).